The van der Waals surface area contributed by atoms with Crippen molar-refractivity contribution < 1.29 is 14.6 Å². The largest absolute Gasteiger partial charge is 0.480 e. The third kappa shape index (κ3) is 8.38. The van der Waals surface area contributed by atoms with Crippen LogP contribution in [0.15, 0.2) is 30.6 Å². The summed E-state index contributed by atoms with van der Waals surface area (Å²) in [6.07, 6.45) is 8.58. The molecule has 0 saturated carbocycles. The molecule has 0 aliphatic carbocycles. The normalized spacial score (nSPS) is 13.5. The number of ether oxygens (including phenoxy) is 1. The highest BCUT2D eigenvalue weighted by molar-refractivity contribution is 5.76. The van der Waals surface area contributed by atoms with E-state index in [0.717, 1.165) is 81.2 Å². The summed E-state index contributed by atoms with van der Waals surface area (Å²) < 4.78 is 7.05. The first-order valence-electron chi connectivity index (χ1n) is 13.7. The van der Waals surface area contributed by atoms with Crippen molar-refractivity contribution in [3.8, 4) is 5.88 Å². The van der Waals surface area contributed by atoms with Crippen LogP contribution in [0.4, 0.5) is 11.6 Å². The van der Waals surface area contributed by atoms with E-state index < -0.39 is 12.0 Å². The molecule has 0 amide bonds. The predicted molar refractivity (Wildman–Crippen MR) is 150 cm³/mol. The molecule has 3 aromatic heterocycles. The number of aryl methyl sites for hydroxylation is 4. The minimum atomic E-state index is -0.918. The second kappa shape index (κ2) is 13.9. The highest BCUT2D eigenvalue weighted by atomic mass is 16.5. The molecule has 0 bridgehead atoms. The molecular formula is C28H40N8O3. The standard InChI is InChI=1S/C28H40N8O3/c1-20-17-21(2)36(34-20)16-15-35(13-5-4-8-23-10-9-22-7-6-12-29-27(22)32-23)14-11-24(28(37)38)33-25-18-31-26(39-3)19-30-25/h9-10,17-19,24H,4-8,11-16H2,1-3H3,(H,29,32)(H,30,33)(H,37,38). The zero-order valence-corrected chi connectivity index (χ0v) is 23.2. The second-order valence-electron chi connectivity index (χ2n) is 10.1. The van der Waals surface area contributed by atoms with E-state index in [2.05, 4.69) is 55.7 Å². The fourth-order valence-electron chi connectivity index (χ4n) is 4.87. The number of fused-ring (bicyclic) bond motifs is 1. The van der Waals surface area contributed by atoms with E-state index in [1.54, 1.807) is 0 Å². The van der Waals surface area contributed by atoms with Crippen molar-refractivity contribution in [3.05, 3.63) is 53.2 Å². The number of carbonyl (C=O) groups is 1. The van der Waals surface area contributed by atoms with Gasteiger partial charge in [0, 0.05) is 31.0 Å². The SMILES string of the molecule is COc1cnc(NC(CCN(CCCCc2ccc3c(n2)NCCC3)CCn2nc(C)cc2C)C(=O)O)cn1. The molecule has 210 valence electrons. The van der Waals surface area contributed by atoms with Gasteiger partial charge in [-0.2, -0.15) is 5.10 Å². The summed E-state index contributed by atoms with van der Waals surface area (Å²) in [5.74, 6) is 0.909. The van der Waals surface area contributed by atoms with Crippen molar-refractivity contribution in [3.63, 3.8) is 0 Å². The molecule has 4 heterocycles. The molecule has 1 aliphatic rings. The summed E-state index contributed by atoms with van der Waals surface area (Å²) >= 11 is 0. The summed E-state index contributed by atoms with van der Waals surface area (Å²) in [6, 6.07) is 5.65. The second-order valence-corrected chi connectivity index (χ2v) is 10.1. The first-order chi connectivity index (χ1) is 18.9. The van der Waals surface area contributed by atoms with Crippen LogP contribution < -0.4 is 15.4 Å². The Morgan fingerprint density at radius 2 is 2.08 bits per heavy atom. The molecule has 4 rings (SSSR count). The average molecular weight is 537 g/mol. The Morgan fingerprint density at radius 3 is 2.79 bits per heavy atom. The molecule has 0 saturated heterocycles. The van der Waals surface area contributed by atoms with Crippen LogP contribution in [0.5, 0.6) is 5.88 Å². The minimum absolute atomic E-state index is 0.379. The van der Waals surface area contributed by atoms with Crippen molar-refractivity contribution in [1.82, 2.24) is 29.6 Å². The van der Waals surface area contributed by atoms with Crippen molar-refractivity contribution >= 4 is 17.6 Å². The summed E-state index contributed by atoms with van der Waals surface area (Å²) in [5, 5.41) is 20.8. The number of carboxylic acids is 1. The van der Waals surface area contributed by atoms with Crippen molar-refractivity contribution in [1.29, 1.82) is 0 Å². The average Bonchev–Trinajstić information content (AvgIpc) is 3.27. The van der Waals surface area contributed by atoms with E-state index in [0.29, 0.717) is 24.7 Å². The number of unbranched alkanes of at least 4 members (excludes halogenated alkanes) is 1. The van der Waals surface area contributed by atoms with E-state index in [9.17, 15) is 9.90 Å². The Balaban J connectivity index is 1.32. The lowest BCUT2D eigenvalue weighted by molar-refractivity contribution is -0.138. The molecule has 0 radical (unpaired) electrons. The quantitative estimate of drug-likeness (QED) is 0.249. The van der Waals surface area contributed by atoms with Crippen LogP contribution in [0.3, 0.4) is 0 Å². The number of anilines is 2. The monoisotopic (exact) mass is 536 g/mol. The summed E-state index contributed by atoms with van der Waals surface area (Å²) in [5.41, 5.74) is 4.56. The van der Waals surface area contributed by atoms with Gasteiger partial charge in [0.1, 0.15) is 17.7 Å². The van der Waals surface area contributed by atoms with E-state index in [1.165, 1.54) is 25.1 Å². The third-order valence-corrected chi connectivity index (χ3v) is 7.03. The van der Waals surface area contributed by atoms with Gasteiger partial charge in [0.15, 0.2) is 0 Å². The minimum Gasteiger partial charge on any atom is -0.480 e. The Kier molecular flexibility index (Phi) is 10.1. The lowest BCUT2D eigenvalue weighted by atomic mass is 10.1. The molecule has 0 spiro atoms. The molecule has 1 aliphatic heterocycles. The summed E-state index contributed by atoms with van der Waals surface area (Å²) in [7, 11) is 1.51. The maximum Gasteiger partial charge on any atom is 0.326 e. The van der Waals surface area contributed by atoms with Gasteiger partial charge in [-0.15, -0.1) is 0 Å². The predicted octanol–water partition coefficient (Wildman–Crippen LogP) is 3.33. The fraction of sp³-hybridized carbons (Fsp3) is 0.536. The highest BCUT2D eigenvalue weighted by Crippen LogP contribution is 2.20. The van der Waals surface area contributed by atoms with Crippen LogP contribution in [-0.2, 0) is 24.2 Å². The van der Waals surface area contributed by atoms with Crippen molar-refractivity contribution in [2.45, 2.75) is 65.0 Å². The highest BCUT2D eigenvalue weighted by Gasteiger charge is 2.20. The Labute approximate surface area is 230 Å². The van der Waals surface area contributed by atoms with Crippen molar-refractivity contribution in [2.75, 3.05) is 43.9 Å². The lowest BCUT2D eigenvalue weighted by Crippen LogP contribution is -2.37. The molecular weight excluding hydrogens is 496 g/mol. The molecule has 11 heteroatoms. The van der Waals surface area contributed by atoms with Crippen molar-refractivity contribution in [2.24, 2.45) is 0 Å². The van der Waals surface area contributed by atoms with Gasteiger partial charge in [-0.1, -0.05) is 6.07 Å². The topological polar surface area (TPSA) is 130 Å². The first-order valence-corrected chi connectivity index (χ1v) is 13.7. The number of carboxylic acid groups (broad SMARTS) is 1. The van der Waals surface area contributed by atoms with Crippen LogP contribution in [0, 0.1) is 13.8 Å². The van der Waals surface area contributed by atoms with Gasteiger partial charge in [0.05, 0.1) is 31.7 Å². The molecule has 11 nitrogen and oxygen atoms in total. The van der Waals surface area contributed by atoms with Crippen LogP contribution >= 0.6 is 0 Å². The summed E-state index contributed by atoms with van der Waals surface area (Å²) in [4.78, 5) is 27.5. The van der Waals surface area contributed by atoms with Crippen LogP contribution in [0.2, 0.25) is 0 Å². The number of methoxy groups -OCH3 is 1. The maximum atomic E-state index is 12.0. The van der Waals surface area contributed by atoms with E-state index in [-0.39, 0.29) is 0 Å². The number of nitrogens with zero attached hydrogens (tertiary/aromatic N) is 6. The van der Waals surface area contributed by atoms with Crippen LogP contribution in [-0.4, -0.2) is 80.0 Å². The Hall–Kier alpha value is -3.73. The van der Waals surface area contributed by atoms with E-state index in [4.69, 9.17) is 9.72 Å². The van der Waals surface area contributed by atoms with Gasteiger partial charge in [0.2, 0.25) is 5.88 Å². The van der Waals surface area contributed by atoms with Gasteiger partial charge in [-0.05, 0) is 76.6 Å². The molecule has 1 atom stereocenters. The first kappa shape index (κ1) is 28.3. The summed E-state index contributed by atoms with van der Waals surface area (Å²) in [6.45, 7) is 8.10. The van der Waals surface area contributed by atoms with Crippen LogP contribution in [0.25, 0.3) is 0 Å². The number of pyridine rings is 1. The van der Waals surface area contributed by atoms with Gasteiger partial charge < -0.3 is 25.4 Å². The van der Waals surface area contributed by atoms with Crippen LogP contribution in [0.1, 0.15) is 48.3 Å². The molecule has 3 aromatic rings. The lowest BCUT2D eigenvalue weighted by Gasteiger charge is -2.25. The Bertz CT molecular complexity index is 1210. The fourth-order valence-corrected chi connectivity index (χ4v) is 4.87. The number of rotatable bonds is 15. The molecule has 39 heavy (non-hydrogen) atoms. The maximum absolute atomic E-state index is 12.0. The van der Waals surface area contributed by atoms with E-state index in [1.807, 2.05) is 11.6 Å². The zero-order valence-electron chi connectivity index (χ0n) is 23.2. The number of nitrogens with one attached hydrogen (secondary N) is 2. The molecule has 0 aromatic carbocycles. The van der Waals surface area contributed by atoms with Gasteiger partial charge >= 0.3 is 5.97 Å². The van der Waals surface area contributed by atoms with Gasteiger partial charge in [-0.3, -0.25) is 4.68 Å². The zero-order chi connectivity index (χ0) is 27.6. The molecule has 3 N–H and O–H groups in total. The molecule has 1 unspecified atom stereocenters. The molecule has 0 fully saturated rings. The number of aliphatic carboxylic acids is 1. The smallest absolute Gasteiger partial charge is 0.326 e. The van der Waals surface area contributed by atoms with Gasteiger partial charge in [-0.25, -0.2) is 19.7 Å². The number of aromatic nitrogens is 5. The van der Waals surface area contributed by atoms with Gasteiger partial charge in [0.25, 0.3) is 0 Å². The number of hydrogen-bond acceptors (Lipinski definition) is 9. The Morgan fingerprint density at radius 1 is 1.21 bits per heavy atom. The number of hydrogen-bond donors (Lipinski definition) is 3. The third-order valence-electron chi connectivity index (χ3n) is 7.03. The van der Waals surface area contributed by atoms with E-state index >= 15 is 0 Å².